The topological polar surface area (TPSA) is 22.8 Å². The molecule has 0 atom stereocenters. The summed E-state index contributed by atoms with van der Waals surface area (Å²) in [4.78, 5) is 0. The Morgan fingerprint density at radius 2 is 1.68 bits per heavy atom. The van der Waals surface area contributed by atoms with E-state index in [1.165, 1.54) is 0 Å². The van der Waals surface area contributed by atoms with Crippen LogP contribution >= 0.6 is 23.8 Å². The van der Waals surface area contributed by atoms with Crippen LogP contribution in [0.5, 0.6) is 0 Å². The average Bonchev–Trinajstić information content (AvgIpc) is 2.93. The summed E-state index contributed by atoms with van der Waals surface area (Å²) in [6, 6.07) is 14.5. The van der Waals surface area contributed by atoms with E-state index >= 15 is 0 Å². The average molecular weight is 380 g/mol. The first kappa shape index (κ1) is 17.8. The van der Waals surface area contributed by atoms with Gasteiger partial charge < -0.3 is 0 Å². The van der Waals surface area contributed by atoms with Gasteiger partial charge in [-0.3, -0.25) is 4.57 Å². The van der Waals surface area contributed by atoms with Crippen LogP contribution in [0.3, 0.4) is 0 Å². The van der Waals surface area contributed by atoms with Gasteiger partial charge in [0.15, 0.2) is 5.82 Å². The molecule has 0 spiro atoms. The first-order valence-corrected chi connectivity index (χ1v) is 8.53. The third kappa shape index (κ3) is 3.37. The van der Waals surface area contributed by atoms with Crippen molar-refractivity contribution in [3.8, 4) is 17.1 Å². The highest BCUT2D eigenvalue weighted by Gasteiger charge is 2.21. The van der Waals surface area contributed by atoms with E-state index in [0.717, 1.165) is 11.3 Å². The summed E-state index contributed by atoms with van der Waals surface area (Å²) < 4.78 is 28.9. The van der Waals surface area contributed by atoms with Crippen molar-refractivity contribution < 1.29 is 8.78 Å². The van der Waals surface area contributed by atoms with Gasteiger partial charge in [-0.2, -0.15) is 13.5 Å². The number of rotatable bonds is 4. The third-order valence-electron chi connectivity index (χ3n) is 3.89. The highest BCUT2D eigenvalue weighted by Crippen LogP contribution is 2.30. The van der Waals surface area contributed by atoms with Crippen molar-refractivity contribution in [2.24, 2.45) is 0 Å². The molecule has 0 N–H and O–H groups in total. The monoisotopic (exact) mass is 379 g/mol. The summed E-state index contributed by atoms with van der Waals surface area (Å²) in [6.07, 6.45) is 0. The van der Waals surface area contributed by atoms with Crippen LogP contribution in [-0.2, 0) is 0 Å². The molecule has 3 nitrogen and oxygen atoms in total. The zero-order valence-electron chi connectivity index (χ0n) is 13.7. The Morgan fingerprint density at radius 3 is 2.28 bits per heavy atom. The molecule has 2 aromatic carbocycles. The second kappa shape index (κ2) is 7.06. The molecule has 0 saturated heterocycles. The highest BCUT2D eigenvalue weighted by molar-refractivity contribution is 7.71. The highest BCUT2D eigenvalue weighted by atomic mass is 35.5. The van der Waals surface area contributed by atoms with Gasteiger partial charge in [0.05, 0.1) is 5.69 Å². The van der Waals surface area contributed by atoms with Gasteiger partial charge in [0.2, 0.25) is 4.77 Å². The van der Waals surface area contributed by atoms with Crippen molar-refractivity contribution >= 4 is 23.8 Å². The molecule has 0 aliphatic heterocycles. The number of hydrogen-bond donors (Lipinski definition) is 0. The van der Waals surface area contributed by atoms with Crippen LogP contribution in [0.25, 0.3) is 17.1 Å². The van der Waals surface area contributed by atoms with E-state index in [-0.39, 0.29) is 10.7 Å². The molecule has 3 aromatic rings. The number of hydrogen-bond acceptors (Lipinski definition) is 2. The van der Waals surface area contributed by atoms with Gasteiger partial charge in [-0.1, -0.05) is 43.6 Å². The minimum atomic E-state index is -2.81. The van der Waals surface area contributed by atoms with Crippen molar-refractivity contribution in [3.05, 3.63) is 63.9 Å². The van der Waals surface area contributed by atoms with Crippen LogP contribution in [0.15, 0.2) is 48.5 Å². The first-order valence-electron chi connectivity index (χ1n) is 7.75. The number of benzene rings is 2. The summed E-state index contributed by atoms with van der Waals surface area (Å²) >= 11 is 11.2. The molecule has 3 rings (SSSR count). The quantitative estimate of drug-likeness (QED) is 0.500. The standard InChI is InChI=1S/C18H16ClF2N3S/c1-11(2)14-5-3-4-6-15(14)23-16(12-7-9-13(19)10-8-12)22-24(17(20)21)18(23)25/h3-11,17H,1-2H3. The van der Waals surface area contributed by atoms with Crippen molar-refractivity contribution in [1.29, 1.82) is 0 Å². The lowest BCUT2D eigenvalue weighted by molar-refractivity contribution is 0.0546. The summed E-state index contributed by atoms with van der Waals surface area (Å²) in [6.45, 7) is 1.27. The van der Waals surface area contributed by atoms with E-state index in [1.807, 2.05) is 38.1 Å². The Hall–Kier alpha value is -2.05. The molecule has 0 radical (unpaired) electrons. The number of aromatic nitrogens is 3. The summed E-state index contributed by atoms with van der Waals surface area (Å²) in [5, 5.41) is 4.63. The Bertz CT molecular complexity index is 946. The molecule has 0 fully saturated rings. The van der Waals surface area contributed by atoms with E-state index in [2.05, 4.69) is 5.10 Å². The minimum absolute atomic E-state index is 0.0481. The Labute approximate surface area is 154 Å². The van der Waals surface area contributed by atoms with Crippen LogP contribution in [0.1, 0.15) is 31.9 Å². The van der Waals surface area contributed by atoms with E-state index in [0.29, 0.717) is 21.1 Å². The lowest BCUT2D eigenvalue weighted by Crippen LogP contribution is -2.04. The zero-order valence-corrected chi connectivity index (χ0v) is 15.2. The van der Waals surface area contributed by atoms with Crippen molar-refractivity contribution in [3.63, 3.8) is 0 Å². The molecule has 25 heavy (non-hydrogen) atoms. The molecule has 7 heteroatoms. The largest absolute Gasteiger partial charge is 0.335 e. The predicted octanol–water partition coefficient (Wildman–Crippen LogP) is 6.24. The van der Waals surface area contributed by atoms with Gasteiger partial charge in [-0.25, -0.2) is 0 Å². The molecule has 0 unspecified atom stereocenters. The lowest BCUT2D eigenvalue weighted by atomic mass is 10.0. The predicted molar refractivity (Wildman–Crippen MR) is 98.2 cm³/mol. The number of halogens is 3. The van der Waals surface area contributed by atoms with E-state index in [1.54, 1.807) is 28.8 Å². The van der Waals surface area contributed by atoms with Crippen LogP contribution in [0.2, 0.25) is 5.02 Å². The lowest BCUT2D eigenvalue weighted by Gasteiger charge is -2.15. The van der Waals surface area contributed by atoms with Crippen molar-refractivity contribution in [1.82, 2.24) is 14.3 Å². The normalized spacial score (nSPS) is 11.5. The molecule has 0 amide bonds. The number of alkyl halides is 2. The molecule has 0 saturated carbocycles. The summed E-state index contributed by atoms with van der Waals surface area (Å²) in [7, 11) is 0. The second-order valence-electron chi connectivity index (χ2n) is 5.88. The van der Waals surface area contributed by atoms with E-state index < -0.39 is 6.55 Å². The summed E-state index contributed by atoms with van der Waals surface area (Å²) in [5.41, 5.74) is 2.41. The molecule has 1 heterocycles. The molecular weight excluding hydrogens is 364 g/mol. The first-order chi connectivity index (χ1) is 11.9. The smallest absolute Gasteiger partial charge is 0.268 e. The number of para-hydroxylation sites is 1. The second-order valence-corrected chi connectivity index (χ2v) is 6.69. The number of nitrogens with zero attached hydrogens (tertiary/aromatic N) is 3. The Balaban J connectivity index is 2.33. The van der Waals surface area contributed by atoms with Crippen LogP contribution in [-0.4, -0.2) is 14.3 Å². The third-order valence-corrected chi connectivity index (χ3v) is 4.51. The van der Waals surface area contributed by atoms with Crippen LogP contribution in [0, 0.1) is 4.77 Å². The molecule has 130 valence electrons. The van der Waals surface area contributed by atoms with Gasteiger partial charge in [0.1, 0.15) is 0 Å². The molecular formula is C18H16ClF2N3S. The maximum atomic E-state index is 13.4. The summed E-state index contributed by atoms with van der Waals surface area (Å²) in [5.74, 6) is 0.557. The molecule has 0 aliphatic carbocycles. The molecule has 0 bridgehead atoms. The zero-order chi connectivity index (χ0) is 18.1. The molecule has 1 aromatic heterocycles. The Morgan fingerprint density at radius 1 is 1.04 bits per heavy atom. The van der Waals surface area contributed by atoms with E-state index in [4.69, 9.17) is 23.8 Å². The van der Waals surface area contributed by atoms with Gasteiger partial charge >= 0.3 is 6.55 Å². The van der Waals surface area contributed by atoms with Gasteiger partial charge in [0, 0.05) is 10.6 Å². The Kier molecular flexibility index (Phi) is 5.01. The minimum Gasteiger partial charge on any atom is -0.268 e. The SMILES string of the molecule is CC(C)c1ccccc1-n1c(-c2ccc(Cl)cc2)nn(C(F)F)c1=S. The fourth-order valence-corrected chi connectivity index (χ4v) is 3.12. The van der Waals surface area contributed by atoms with E-state index in [9.17, 15) is 8.78 Å². The fourth-order valence-electron chi connectivity index (χ4n) is 2.69. The fraction of sp³-hybridized carbons (Fsp3) is 0.222. The van der Waals surface area contributed by atoms with Crippen LogP contribution in [0.4, 0.5) is 8.78 Å². The van der Waals surface area contributed by atoms with Gasteiger partial charge in [0.25, 0.3) is 0 Å². The maximum Gasteiger partial charge on any atom is 0.335 e. The van der Waals surface area contributed by atoms with Crippen molar-refractivity contribution in [2.75, 3.05) is 0 Å². The maximum absolute atomic E-state index is 13.4. The molecule has 0 aliphatic rings. The van der Waals surface area contributed by atoms with Crippen molar-refractivity contribution in [2.45, 2.75) is 26.3 Å². The van der Waals surface area contributed by atoms with Gasteiger partial charge in [-0.15, -0.1) is 5.10 Å². The van der Waals surface area contributed by atoms with Crippen LogP contribution < -0.4 is 0 Å². The van der Waals surface area contributed by atoms with Gasteiger partial charge in [-0.05, 0) is 54.0 Å².